The average Bonchev–Trinajstić information content (AvgIpc) is 2.50. The lowest BCUT2D eigenvalue weighted by Gasteiger charge is -2.26. The van der Waals surface area contributed by atoms with Crippen LogP contribution in [-0.4, -0.2) is 34.3 Å². The van der Waals surface area contributed by atoms with Crippen LogP contribution < -0.4 is 0 Å². The molecular formula is C11H16ClN3. The molecule has 2 bridgehead atoms. The van der Waals surface area contributed by atoms with Crippen molar-refractivity contribution in [2.24, 2.45) is 5.92 Å². The molecule has 3 nitrogen and oxygen atoms in total. The van der Waals surface area contributed by atoms with Gasteiger partial charge in [-0.05, 0) is 38.3 Å². The fourth-order valence-corrected chi connectivity index (χ4v) is 3.01. The van der Waals surface area contributed by atoms with E-state index in [0.717, 1.165) is 17.5 Å². The molecule has 0 aromatic carbocycles. The Hall–Kier alpha value is -0.540. The van der Waals surface area contributed by atoms with Gasteiger partial charge in [0, 0.05) is 12.7 Å². The molecular weight excluding hydrogens is 210 g/mol. The van der Waals surface area contributed by atoms with Crippen molar-refractivity contribution >= 4 is 11.6 Å². The number of hydrogen-bond acceptors (Lipinski definition) is 2. The lowest BCUT2D eigenvalue weighted by atomic mass is 9.94. The van der Waals surface area contributed by atoms with Gasteiger partial charge in [0.05, 0.1) is 17.3 Å². The second-order valence-corrected chi connectivity index (χ2v) is 5.21. The number of piperidine rings is 1. The highest BCUT2D eigenvalue weighted by molar-refractivity contribution is 6.30. The lowest BCUT2D eigenvalue weighted by Crippen LogP contribution is -2.32. The summed E-state index contributed by atoms with van der Waals surface area (Å²) in [5.41, 5.74) is 0. The fraction of sp³-hybridized carbons (Fsp3) is 0.727. The predicted octanol–water partition coefficient (Wildman–Crippen LogP) is 2.19. The molecule has 0 spiro atoms. The van der Waals surface area contributed by atoms with Crippen molar-refractivity contribution in [3.05, 3.63) is 17.4 Å². The Morgan fingerprint density at radius 2 is 2.13 bits per heavy atom. The summed E-state index contributed by atoms with van der Waals surface area (Å²) in [5.74, 6) is 0.900. The van der Waals surface area contributed by atoms with Gasteiger partial charge in [0.2, 0.25) is 0 Å². The van der Waals surface area contributed by atoms with E-state index in [0.29, 0.717) is 6.04 Å². The molecule has 3 saturated heterocycles. The monoisotopic (exact) mass is 225 g/mol. The first-order chi connectivity index (χ1) is 7.31. The largest absolute Gasteiger partial charge is 0.301 e. The number of rotatable bonds is 1. The van der Waals surface area contributed by atoms with E-state index in [2.05, 4.69) is 14.7 Å². The van der Waals surface area contributed by atoms with Crippen molar-refractivity contribution in [2.45, 2.75) is 25.3 Å². The van der Waals surface area contributed by atoms with Crippen LogP contribution >= 0.6 is 11.6 Å². The van der Waals surface area contributed by atoms with Gasteiger partial charge in [0.15, 0.2) is 0 Å². The smallest absolute Gasteiger partial charge is 0.0785 e. The number of aromatic nitrogens is 2. The molecule has 4 heterocycles. The Bertz CT molecular complexity index is 327. The molecule has 0 aliphatic carbocycles. The second kappa shape index (κ2) is 3.80. The van der Waals surface area contributed by atoms with Crippen molar-refractivity contribution < 1.29 is 0 Å². The Labute approximate surface area is 95.0 Å². The molecule has 3 aliphatic heterocycles. The molecule has 0 saturated carbocycles. The minimum atomic E-state index is 0.535. The number of nitrogens with zero attached hydrogens (tertiary/aromatic N) is 3. The third kappa shape index (κ3) is 1.91. The molecule has 0 radical (unpaired) electrons. The summed E-state index contributed by atoms with van der Waals surface area (Å²) in [6, 6.07) is 0.535. The van der Waals surface area contributed by atoms with Gasteiger partial charge in [0.25, 0.3) is 0 Å². The van der Waals surface area contributed by atoms with Gasteiger partial charge in [-0.3, -0.25) is 4.68 Å². The molecule has 1 aromatic heterocycles. The quantitative estimate of drug-likeness (QED) is 0.731. The summed E-state index contributed by atoms with van der Waals surface area (Å²) >= 11 is 5.91. The van der Waals surface area contributed by atoms with E-state index in [1.807, 2.05) is 6.20 Å². The average molecular weight is 226 g/mol. The van der Waals surface area contributed by atoms with Crippen LogP contribution in [0.3, 0.4) is 0 Å². The topological polar surface area (TPSA) is 21.1 Å². The molecule has 0 N–H and O–H groups in total. The molecule has 1 aromatic rings. The highest BCUT2D eigenvalue weighted by Gasteiger charge is 2.30. The molecule has 15 heavy (non-hydrogen) atoms. The van der Waals surface area contributed by atoms with E-state index in [1.165, 1.54) is 32.4 Å². The SMILES string of the molecule is Clc1cnn(C2CC3CCN(CC3)C2)c1. The fourth-order valence-electron chi connectivity index (χ4n) is 2.87. The van der Waals surface area contributed by atoms with Crippen LogP contribution in [0, 0.1) is 5.92 Å². The van der Waals surface area contributed by atoms with Crippen molar-refractivity contribution in [1.29, 1.82) is 0 Å². The van der Waals surface area contributed by atoms with E-state index in [9.17, 15) is 0 Å². The van der Waals surface area contributed by atoms with Crippen LogP contribution in [-0.2, 0) is 0 Å². The molecule has 4 heteroatoms. The molecule has 4 rings (SSSR count). The minimum Gasteiger partial charge on any atom is -0.301 e. The van der Waals surface area contributed by atoms with Crippen LogP contribution in [0.5, 0.6) is 0 Å². The van der Waals surface area contributed by atoms with Gasteiger partial charge in [-0.1, -0.05) is 11.6 Å². The van der Waals surface area contributed by atoms with Crippen LogP contribution in [0.2, 0.25) is 5.02 Å². The Morgan fingerprint density at radius 1 is 1.33 bits per heavy atom. The summed E-state index contributed by atoms with van der Waals surface area (Å²) in [4.78, 5) is 2.56. The zero-order valence-corrected chi connectivity index (χ0v) is 9.53. The Kier molecular flexibility index (Phi) is 2.45. The Balaban J connectivity index is 1.82. The molecule has 0 amide bonds. The summed E-state index contributed by atoms with van der Waals surface area (Å²) in [7, 11) is 0. The highest BCUT2D eigenvalue weighted by Crippen LogP contribution is 2.32. The first-order valence-corrected chi connectivity index (χ1v) is 6.11. The minimum absolute atomic E-state index is 0.535. The molecule has 3 fully saturated rings. The predicted molar refractivity (Wildman–Crippen MR) is 60.1 cm³/mol. The number of fused-ring (bicyclic) bond motifs is 4. The Morgan fingerprint density at radius 3 is 2.80 bits per heavy atom. The van der Waals surface area contributed by atoms with Crippen molar-refractivity contribution in [3.8, 4) is 0 Å². The molecule has 1 atom stereocenters. The summed E-state index contributed by atoms with van der Waals surface area (Å²) in [5, 5.41) is 5.09. The van der Waals surface area contributed by atoms with Crippen molar-refractivity contribution in [2.75, 3.05) is 19.6 Å². The highest BCUT2D eigenvalue weighted by atomic mass is 35.5. The first kappa shape index (κ1) is 9.67. The third-order valence-electron chi connectivity index (χ3n) is 3.73. The lowest BCUT2D eigenvalue weighted by molar-refractivity contribution is 0.217. The van der Waals surface area contributed by atoms with Gasteiger partial charge in [-0.15, -0.1) is 0 Å². The summed E-state index contributed by atoms with van der Waals surface area (Å²) in [6.45, 7) is 3.70. The maximum absolute atomic E-state index is 5.91. The summed E-state index contributed by atoms with van der Waals surface area (Å²) in [6.07, 6.45) is 7.70. The van der Waals surface area contributed by atoms with Crippen LogP contribution in [0.1, 0.15) is 25.3 Å². The van der Waals surface area contributed by atoms with Gasteiger partial charge in [-0.2, -0.15) is 5.10 Å². The van der Waals surface area contributed by atoms with Crippen LogP contribution in [0.25, 0.3) is 0 Å². The summed E-state index contributed by atoms with van der Waals surface area (Å²) < 4.78 is 2.05. The molecule has 3 aliphatic rings. The van der Waals surface area contributed by atoms with Gasteiger partial charge in [0.1, 0.15) is 0 Å². The molecule has 82 valence electrons. The standard InChI is InChI=1S/C11H16ClN3/c12-10-6-13-15(7-10)11-5-9-1-3-14(8-11)4-2-9/h6-7,9,11H,1-5,8H2. The zero-order valence-electron chi connectivity index (χ0n) is 8.77. The van der Waals surface area contributed by atoms with E-state index < -0.39 is 0 Å². The van der Waals surface area contributed by atoms with Crippen molar-refractivity contribution in [1.82, 2.24) is 14.7 Å². The van der Waals surface area contributed by atoms with E-state index in [4.69, 9.17) is 11.6 Å². The maximum Gasteiger partial charge on any atom is 0.0785 e. The zero-order chi connectivity index (χ0) is 10.3. The van der Waals surface area contributed by atoms with E-state index in [-0.39, 0.29) is 0 Å². The van der Waals surface area contributed by atoms with Crippen LogP contribution in [0.4, 0.5) is 0 Å². The first-order valence-electron chi connectivity index (χ1n) is 5.73. The van der Waals surface area contributed by atoms with E-state index >= 15 is 0 Å². The molecule has 1 unspecified atom stereocenters. The second-order valence-electron chi connectivity index (χ2n) is 4.77. The van der Waals surface area contributed by atoms with Gasteiger partial charge >= 0.3 is 0 Å². The normalized spacial score (nSPS) is 35.4. The van der Waals surface area contributed by atoms with Crippen molar-refractivity contribution in [3.63, 3.8) is 0 Å². The van der Waals surface area contributed by atoms with Gasteiger partial charge < -0.3 is 4.90 Å². The number of hydrogen-bond donors (Lipinski definition) is 0. The van der Waals surface area contributed by atoms with E-state index in [1.54, 1.807) is 6.20 Å². The van der Waals surface area contributed by atoms with Crippen LogP contribution in [0.15, 0.2) is 12.4 Å². The number of halogens is 1. The third-order valence-corrected chi connectivity index (χ3v) is 3.92. The van der Waals surface area contributed by atoms with Gasteiger partial charge in [-0.25, -0.2) is 0 Å². The maximum atomic E-state index is 5.91.